The van der Waals surface area contributed by atoms with Gasteiger partial charge in [0.1, 0.15) is 11.6 Å². The van der Waals surface area contributed by atoms with Crippen molar-refractivity contribution in [1.82, 2.24) is 9.97 Å². The van der Waals surface area contributed by atoms with Crippen molar-refractivity contribution in [3.05, 3.63) is 66.4 Å². The van der Waals surface area contributed by atoms with Gasteiger partial charge in [0.15, 0.2) is 5.13 Å². The molecule has 3 heterocycles. The molecule has 34 heavy (non-hydrogen) atoms. The van der Waals surface area contributed by atoms with Crippen LogP contribution in [-0.4, -0.2) is 42.3 Å². The molecule has 0 unspecified atom stereocenters. The summed E-state index contributed by atoms with van der Waals surface area (Å²) in [5, 5.41) is 13.5. The van der Waals surface area contributed by atoms with E-state index in [0.29, 0.717) is 11.3 Å². The first-order chi connectivity index (χ1) is 16.6. The molecule has 172 valence electrons. The molecule has 2 aromatic carbocycles. The van der Waals surface area contributed by atoms with Crippen LogP contribution in [0.3, 0.4) is 0 Å². The standard InChI is InChI=1S/C26H26N6OS/c1-18(2)33-23-8-6-19(17-27)15-21(23)29-26-30-22-16-20(7-9-24(22)34-26)31-11-13-32(14-12-31)25-5-3-4-10-28-25/h3-10,15-16,18H,11-14H2,1-2H3,(H,29,30). The zero-order valence-corrected chi connectivity index (χ0v) is 20.0. The molecule has 1 N–H and O–H groups in total. The van der Waals surface area contributed by atoms with Gasteiger partial charge in [-0.05, 0) is 62.4 Å². The van der Waals surface area contributed by atoms with Gasteiger partial charge in [-0.25, -0.2) is 9.97 Å². The number of nitrogens with one attached hydrogen (secondary N) is 1. The summed E-state index contributed by atoms with van der Waals surface area (Å²) in [6.07, 6.45) is 1.88. The van der Waals surface area contributed by atoms with Crippen LogP contribution in [0.25, 0.3) is 10.2 Å². The Kier molecular flexibility index (Phi) is 6.19. The Bertz CT molecular complexity index is 1320. The highest BCUT2D eigenvalue weighted by Crippen LogP contribution is 2.35. The number of hydrogen-bond donors (Lipinski definition) is 1. The highest BCUT2D eigenvalue weighted by atomic mass is 32.1. The normalized spacial score (nSPS) is 13.8. The second-order valence-corrected chi connectivity index (χ2v) is 9.48. The van der Waals surface area contributed by atoms with E-state index >= 15 is 0 Å². The quantitative estimate of drug-likeness (QED) is 0.403. The minimum Gasteiger partial charge on any atom is -0.489 e. The number of ether oxygens (including phenoxy) is 1. The maximum atomic E-state index is 9.31. The first-order valence-electron chi connectivity index (χ1n) is 11.4. The highest BCUT2D eigenvalue weighted by Gasteiger charge is 2.19. The summed E-state index contributed by atoms with van der Waals surface area (Å²) in [6.45, 7) is 7.72. The van der Waals surface area contributed by atoms with Gasteiger partial charge in [0, 0.05) is 38.1 Å². The van der Waals surface area contributed by atoms with E-state index in [4.69, 9.17) is 9.72 Å². The molecule has 1 fully saturated rings. The molecule has 1 saturated heterocycles. The molecule has 0 atom stereocenters. The smallest absolute Gasteiger partial charge is 0.188 e. The molecule has 1 aliphatic rings. The number of nitriles is 1. The number of nitrogens with zero attached hydrogens (tertiary/aromatic N) is 5. The molecule has 0 saturated carbocycles. The summed E-state index contributed by atoms with van der Waals surface area (Å²) in [5.74, 6) is 1.74. The van der Waals surface area contributed by atoms with Crippen molar-refractivity contribution in [3.8, 4) is 11.8 Å². The van der Waals surface area contributed by atoms with E-state index in [1.54, 1.807) is 23.5 Å². The van der Waals surface area contributed by atoms with E-state index in [1.807, 2.05) is 38.2 Å². The zero-order valence-electron chi connectivity index (χ0n) is 19.2. The van der Waals surface area contributed by atoms with E-state index in [-0.39, 0.29) is 6.10 Å². The molecule has 0 aliphatic carbocycles. The van der Waals surface area contributed by atoms with Gasteiger partial charge >= 0.3 is 0 Å². The van der Waals surface area contributed by atoms with E-state index in [9.17, 15) is 5.26 Å². The van der Waals surface area contributed by atoms with Crippen LogP contribution in [0.2, 0.25) is 0 Å². The Balaban J connectivity index is 1.33. The first kappa shape index (κ1) is 22.0. The lowest BCUT2D eigenvalue weighted by Gasteiger charge is -2.36. The molecule has 2 aromatic heterocycles. The SMILES string of the molecule is CC(C)Oc1ccc(C#N)cc1Nc1nc2cc(N3CCN(c4ccccn4)CC3)ccc2s1. The van der Waals surface area contributed by atoms with Crippen LogP contribution in [0.5, 0.6) is 5.75 Å². The van der Waals surface area contributed by atoms with Crippen molar-refractivity contribution >= 4 is 43.9 Å². The van der Waals surface area contributed by atoms with Crippen LogP contribution in [0.1, 0.15) is 19.4 Å². The highest BCUT2D eigenvalue weighted by molar-refractivity contribution is 7.22. The van der Waals surface area contributed by atoms with E-state index in [1.165, 1.54) is 5.69 Å². The Morgan fingerprint density at radius 3 is 2.59 bits per heavy atom. The summed E-state index contributed by atoms with van der Waals surface area (Å²) >= 11 is 1.59. The molecule has 4 aromatic rings. The fraction of sp³-hybridized carbons (Fsp3) is 0.269. The summed E-state index contributed by atoms with van der Waals surface area (Å²) in [6, 6.07) is 20.1. The summed E-state index contributed by atoms with van der Waals surface area (Å²) in [7, 11) is 0. The number of piperazine rings is 1. The van der Waals surface area contributed by atoms with Crippen molar-refractivity contribution in [2.24, 2.45) is 0 Å². The topological polar surface area (TPSA) is 77.3 Å². The average molecular weight is 471 g/mol. The van der Waals surface area contributed by atoms with Crippen molar-refractivity contribution in [3.63, 3.8) is 0 Å². The number of anilines is 4. The van der Waals surface area contributed by atoms with Crippen molar-refractivity contribution < 1.29 is 4.74 Å². The third kappa shape index (κ3) is 4.75. The van der Waals surface area contributed by atoms with Gasteiger partial charge in [-0.1, -0.05) is 17.4 Å². The maximum absolute atomic E-state index is 9.31. The number of hydrogen-bond acceptors (Lipinski definition) is 8. The number of pyridine rings is 1. The fourth-order valence-electron chi connectivity index (χ4n) is 4.07. The number of thiazole rings is 1. The van der Waals surface area contributed by atoms with Crippen molar-refractivity contribution in [1.29, 1.82) is 5.26 Å². The second kappa shape index (κ2) is 9.57. The summed E-state index contributed by atoms with van der Waals surface area (Å²) in [5.41, 5.74) is 3.46. The van der Waals surface area contributed by atoms with Crippen LogP contribution in [0.4, 0.5) is 22.3 Å². The van der Waals surface area contributed by atoms with E-state index < -0.39 is 0 Å². The second-order valence-electron chi connectivity index (χ2n) is 8.45. The van der Waals surface area contributed by atoms with Gasteiger partial charge < -0.3 is 19.9 Å². The lowest BCUT2D eigenvalue weighted by atomic mass is 10.2. The molecule has 0 spiro atoms. The van der Waals surface area contributed by atoms with Gasteiger partial charge in [-0.2, -0.15) is 5.26 Å². The van der Waals surface area contributed by atoms with Gasteiger partial charge in [-0.15, -0.1) is 0 Å². The molecule has 1 aliphatic heterocycles. The Hall–Kier alpha value is -3.83. The van der Waals surface area contributed by atoms with Gasteiger partial charge in [0.25, 0.3) is 0 Å². The molecular formula is C26H26N6OS. The Labute approximate surface area is 203 Å². The van der Waals surface area contributed by atoms with E-state index in [2.05, 4.69) is 50.4 Å². The lowest BCUT2D eigenvalue weighted by molar-refractivity contribution is 0.244. The van der Waals surface area contributed by atoms with Crippen LogP contribution in [0, 0.1) is 11.3 Å². The molecule has 7 nitrogen and oxygen atoms in total. The number of rotatable bonds is 6. The average Bonchev–Trinajstić information content (AvgIpc) is 3.27. The first-order valence-corrected chi connectivity index (χ1v) is 12.2. The maximum Gasteiger partial charge on any atom is 0.188 e. The summed E-state index contributed by atoms with van der Waals surface area (Å²) in [4.78, 5) is 14.0. The third-order valence-electron chi connectivity index (χ3n) is 5.70. The Morgan fingerprint density at radius 1 is 1.03 bits per heavy atom. The molecule has 0 amide bonds. The number of fused-ring (bicyclic) bond motifs is 1. The van der Waals surface area contributed by atoms with Crippen molar-refractivity contribution in [2.75, 3.05) is 41.3 Å². The third-order valence-corrected chi connectivity index (χ3v) is 6.65. The summed E-state index contributed by atoms with van der Waals surface area (Å²) < 4.78 is 7.03. The predicted octanol–water partition coefficient (Wildman–Crippen LogP) is 5.42. The number of benzene rings is 2. The number of aromatic nitrogens is 2. The Morgan fingerprint density at radius 2 is 1.85 bits per heavy atom. The zero-order chi connectivity index (χ0) is 23.5. The monoisotopic (exact) mass is 470 g/mol. The minimum absolute atomic E-state index is 0.0320. The predicted molar refractivity (Wildman–Crippen MR) is 138 cm³/mol. The van der Waals surface area contributed by atoms with Gasteiger partial charge in [0.05, 0.1) is 33.6 Å². The molecule has 5 rings (SSSR count). The van der Waals surface area contributed by atoms with Crippen molar-refractivity contribution in [2.45, 2.75) is 20.0 Å². The fourth-order valence-corrected chi connectivity index (χ4v) is 4.93. The minimum atomic E-state index is 0.0320. The van der Waals surface area contributed by atoms with Crippen LogP contribution in [-0.2, 0) is 0 Å². The van der Waals surface area contributed by atoms with Gasteiger partial charge in [-0.3, -0.25) is 0 Å². The largest absolute Gasteiger partial charge is 0.489 e. The lowest BCUT2D eigenvalue weighted by Crippen LogP contribution is -2.46. The van der Waals surface area contributed by atoms with E-state index in [0.717, 1.165) is 53.0 Å². The molecule has 0 bridgehead atoms. The van der Waals surface area contributed by atoms with Crippen LogP contribution in [0.15, 0.2) is 60.8 Å². The molecular weight excluding hydrogens is 444 g/mol. The van der Waals surface area contributed by atoms with Gasteiger partial charge in [0.2, 0.25) is 0 Å². The van der Waals surface area contributed by atoms with Crippen LogP contribution >= 0.6 is 11.3 Å². The molecule has 0 radical (unpaired) electrons. The van der Waals surface area contributed by atoms with Crippen LogP contribution < -0.4 is 19.9 Å². The molecule has 8 heteroatoms.